The Hall–Kier alpha value is -3.28. The summed E-state index contributed by atoms with van der Waals surface area (Å²) in [4.78, 5) is 24.1. The molecule has 2 N–H and O–H groups in total. The van der Waals surface area contributed by atoms with Gasteiger partial charge in [-0.05, 0) is 37.1 Å². The van der Waals surface area contributed by atoms with Crippen molar-refractivity contribution in [2.75, 3.05) is 17.1 Å². The number of anilines is 2. The predicted octanol–water partition coefficient (Wildman–Crippen LogP) is 4.09. The lowest BCUT2D eigenvalue weighted by atomic mass is 9.87. The number of rotatable bonds is 7. The predicted molar refractivity (Wildman–Crippen MR) is 113 cm³/mol. The Morgan fingerprint density at radius 2 is 1.85 bits per heavy atom. The number of ether oxygens (including phenoxy) is 2. The fraction of sp³-hybridized carbons (Fsp3) is 0.333. The summed E-state index contributed by atoms with van der Waals surface area (Å²) in [6.45, 7) is 0. The van der Waals surface area contributed by atoms with Crippen molar-refractivity contribution in [3.63, 3.8) is 0 Å². The van der Waals surface area contributed by atoms with Gasteiger partial charge in [0.2, 0.25) is 5.91 Å². The molecule has 33 heavy (non-hydrogen) atoms. The van der Waals surface area contributed by atoms with Crippen LogP contribution in [0.5, 0.6) is 11.5 Å². The molecule has 0 aromatic heterocycles. The van der Waals surface area contributed by atoms with Gasteiger partial charge in [0.05, 0.1) is 18.7 Å². The number of amides is 1. The molecule has 1 atom stereocenters. The number of benzene rings is 2. The lowest BCUT2D eigenvalue weighted by Gasteiger charge is -2.20. The van der Waals surface area contributed by atoms with Crippen molar-refractivity contribution in [1.82, 2.24) is 0 Å². The number of ketones is 1. The van der Waals surface area contributed by atoms with Crippen LogP contribution in [0.4, 0.5) is 24.5 Å². The highest BCUT2D eigenvalue weighted by atomic mass is 32.2. The monoisotopic (exact) mass is 486 g/mol. The number of nitrogens with one attached hydrogen (secondary N) is 2. The van der Waals surface area contributed by atoms with Gasteiger partial charge in [-0.1, -0.05) is 12.5 Å². The first-order chi connectivity index (χ1) is 15.5. The maximum absolute atomic E-state index is 12.8. The van der Waals surface area contributed by atoms with Gasteiger partial charge in [0, 0.05) is 24.2 Å². The first kappa shape index (κ1) is 24.4. The molecule has 0 heterocycles. The molecule has 1 fully saturated rings. The molecule has 178 valence electrons. The van der Waals surface area contributed by atoms with Crippen molar-refractivity contribution < 1.29 is 40.7 Å². The Labute approximate surface area is 188 Å². The van der Waals surface area contributed by atoms with E-state index in [4.69, 9.17) is 4.74 Å². The summed E-state index contributed by atoms with van der Waals surface area (Å²) in [5.74, 6) is -2.06. The minimum Gasteiger partial charge on any atom is -0.495 e. The van der Waals surface area contributed by atoms with Crippen LogP contribution in [0.2, 0.25) is 0 Å². The first-order valence-electron chi connectivity index (χ1n) is 9.89. The fourth-order valence-corrected chi connectivity index (χ4v) is 4.63. The second-order valence-electron chi connectivity index (χ2n) is 7.30. The summed E-state index contributed by atoms with van der Waals surface area (Å²) in [5, 5.41) is 2.60. The van der Waals surface area contributed by atoms with Gasteiger partial charge < -0.3 is 14.8 Å². The highest BCUT2D eigenvalue weighted by Crippen LogP contribution is 2.31. The van der Waals surface area contributed by atoms with Crippen molar-refractivity contribution in [2.24, 2.45) is 5.92 Å². The second kappa shape index (κ2) is 9.69. The molecule has 8 nitrogen and oxygen atoms in total. The number of methoxy groups -OCH3 is 1. The molecule has 0 saturated heterocycles. The van der Waals surface area contributed by atoms with Crippen LogP contribution in [0.1, 0.15) is 25.7 Å². The van der Waals surface area contributed by atoms with E-state index < -0.39 is 34.0 Å². The number of carbonyl (C=O) groups excluding carboxylic acids is 2. The molecule has 0 radical (unpaired) electrons. The summed E-state index contributed by atoms with van der Waals surface area (Å²) in [6, 6.07) is 8.14. The molecule has 1 aliphatic carbocycles. The van der Waals surface area contributed by atoms with E-state index in [-0.39, 0.29) is 27.8 Å². The molecule has 0 aliphatic heterocycles. The third-order valence-corrected chi connectivity index (χ3v) is 6.33. The Balaban J connectivity index is 1.79. The van der Waals surface area contributed by atoms with Crippen LogP contribution in [0.3, 0.4) is 0 Å². The van der Waals surface area contributed by atoms with Crippen LogP contribution < -0.4 is 19.5 Å². The third kappa shape index (κ3) is 6.37. The van der Waals surface area contributed by atoms with Gasteiger partial charge in [-0.25, -0.2) is 8.42 Å². The minimum atomic E-state index is -4.93. The van der Waals surface area contributed by atoms with Crippen molar-refractivity contribution in [3.05, 3.63) is 42.5 Å². The molecule has 1 aliphatic rings. The van der Waals surface area contributed by atoms with Gasteiger partial charge >= 0.3 is 6.36 Å². The number of alkyl halides is 3. The summed E-state index contributed by atoms with van der Waals surface area (Å²) < 4.78 is 74.0. The van der Waals surface area contributed by atoms with E-state index in [2.05, 4.69) is 14.8 Å². The number of hydrogen-bond acceptors (Lipinski definition) is 6. The standard InChI is InChI=1S/C21H21F3N2O6S/c1-31-18-12-13(25-20(28)16-7-2-3-8-17(16)27)9-10-19(18)33(29,30)26-14-5-4-6-15(11-14)32-21(22,23)24/h4-6,9-12,16,26H,2-3,7-8H2,1H3,(H,25,28). The van der Waals surface area contributed by atoms with E-state index in [1.54, 1.807) is 0 Å². The molecular weight excluding hydrogens is 465 g/mol. The summed E-state index contributed by atoms with van der Waals surface area (Å²) >= 11 is 0. The van der Waals surface area contributed by atoms with Crippen LogP contribution in [0.25, 0.3) is 0 Å². The van der Waals surface area contributed by atoms with Gasteiger partial charge in [0.1, 0.15) is 22.2 Å². The fourth-order valence-electron chi connectivity index (χ4n) is 3.42. The van der Waals surface area contributed by atoms with Crippen LogP contribution in [-0.2, 0) is 19.6 Å². The van der Waals surface area contributed by atoms with Crippen LogP contribution in [-0.4, -0.2) is 33.6 Å². The maximum atomic E-state index is 12.8. The first-order valence-corrected chi connectivity index (χ1v) is 11.4. The molecule has 2 aromatic carbocycles. The minimum absolute atomic E-state index is 0.113. The third-order valence-electron chi connectivity index (χ3n) is 4.91. The van der Waals surface area contributed by atoms with Crippen molar-refractivity contribution in [2.45, 2.75) is 36.9 Å². The second-order valence-corrected chi connectivity index (χ2v) is 8.95. The van der Waals surface area contributed by atoms with Gasteiger partial charge in [-0.2, -0.15) is 0 Å². The molecule has 0 bridgehead atoms. The average Bonchev–Trinajstić information content (AvgIpc) is 2.72. The molecule has 1 unspecified atom stereocenters. The number of sulfonamides is 1. The van der Waals surface area contributed by atoms with Crippen molar-refractivity contribution in [3.8, 4) is 11.5 Å². The van der Waals surface area contributed by atoms with Crippen LogP contribution in [0, 0.1) is 5.92 Å². The zero-order valence-electron chi connectivity index (χ0n) is 17.4. The summed E-state index contributed by atoms with van der Waals surface area (Å²) in [6.07, 6.45) is -2.61. The number of hydrogen-bond donors (Lipinski definition) is 2. The molecule has 3 rings (SSSR count). The topological polar surface area (TPSA) is 111 Å². The largest absolute Gasteiger partial charge is 0.573 e. The van der Waals surface area contributed by atoms with Crippen LogP contribution in [0.15, 0.2) is 47.4 Å². The van der Waals surface area contributed by atoms with Gasteiger partial charge in [-0.15, -0.1) is 13.2 Å². The Morgan fingerprint density at radius 1 is 1.09 bits per heavy atom. The van der Waals surface area contributed by atoms with Crippen molar-refractivity contribution in [1.29, 1.82) is 0 Å². The Morgan fingerprint density at radius 3 is 2.52 bits per heavy atom. The number of carbonyl (C=O) groups is 2. The molecule has 1 saturated carbocycles. The Bertz CT molecular complexity index is 1150. The van der Waals surface area contributed by atoms with Gasteiger partial charge in [-0.3, -0.25) is 14.3 Å². The summed E-state index contributed by atoms with van der Waals surface area (Å²) in [5.41, 5.74) is 0.0711. The number of Topliss-reactive ketones (excluding diaryl/α,β-unsaturated/α-hetero) is 1. The smallest absolute Gasteiger partial charge is 0.495 e. The van der Waals surface area contributed by atoms with Crippen molar-refractivity contribution >= 4 is 33.1 Å². The van der Waals surface area contributed by atoms with E-state index in [0.29, 0.717) is 12.8 Å². The lowest BCUT2D eigenvalue weighted by Crippen LogP contribution is -2.31. The van der Waals surface area contributed by atoms with Crippen LogP contribution >= 0.6 is 0 Å². The maximum Gasteiger partial charge on any atom is 0.573 e. The van der Waals surface area contributed by atoms with E-state index in [1.807, 2.05) is 0 Å². The molecule has 1 amide bonds. The quantitative estimate of drug-likeness (QED) is 0.571. The summed E-state index contributed by atoms with van der Waals surface area (Å²) in [7, 11) is -3.05. The van der Waals surface area contributed by atoms with E-state index in [0.717, 1.165) is 25.0 Å². The normalized spacial score (nSPS) is 16.7. The average molecular weight is 486 g/mol. The van der Waals surface area contributed by atoms with Gasteiger partial charge in [0.25, 0.3) is 10.0 Å². The van der Waals surface area contributed by atoms with E-state index in [1.165, 1.54) is 37.4 Å². The SMILES string of the molecule is COc1cc(NC(=O)C2CCCCC2=O)ccc1S(=O)(=O)Nc1cccc(OC(F)(F)F)c1. The molecule has 2 aromatic rings. The highest BCUT2D eigenvalue weighted by Gasteiger charge is 2.31. The molecule has 0 spiro atoms. The van der Waals surface area contributed by atoms with Gasteiger partial charge in [0.15, 0.2) is 0 Å². The zero-order valence-corrected chi connectivity index (χ0v) is 18.3. The van der Waals surface area contributed by atoms with E-state index in [9.17, 15) is 31.2 Å². The zero-order chi connectivity index (χ0) is 24.2. The number of halogens is 3. The molecule has 12 heteroatoms. The van der Waals surface area contributed by atoms with E-state index >= 15 is 0 Å². The lowest BCUT2D eigenvalue weighted by molar-refractivity contribution is -0.274. The Kier molecular flexibility index (Phi) is 7.15. The highest BCUT2D eigenvalue weighted by molar-refractivity contribution is 7.92. The molecular formula is C21H21F3N2O6S.